The van der Waals surface area contributed by atoms with Gasteiger partial charge in [-0.1, -0.05) is 86.7 Å². The topological polar surface area (TPSA) is 6.48 Å². The van der Waals surface area contributed by atoms with Gasteiger partial charge in [0.05, 0.1) is 6.04 Å². The smallest absolute Gasteiger partial charge is 0.0559 e. The maximum absolute atomic E-state index is 2.43. The second-order valence-corrected chi connectivity index (χ2v) is 10.3. The molecular weight excluding hydrogens is 436 g/mol. The van der Waals surface area contributed by atoms with Crippen molar-refractivity contribution in [3.63, 3.8) is 0 Å². The molecule has 0 radical (unpaired) electrons. The quantitative estimate of drug-likeness (QED) is 0.289. The van der Waals surface area contributed by atoms with Crippen LogP contribution in [-0.2, 0) is 5.41 Å². The molecule has 2 heteroatoms. The van der Waals surface area contributed by atoms with Crippen LogP contribution in [0.25, 0.3) is 11.1 Å². The van der Waals surface area contributed by atoms with Crippen LogP contribution in [0.3, 0.4) is 0 Å². The Balaban J connectivity index is 1.31. The molecule has 2 nitrogen and oxygen atoms in total. The van der Waals surface area contributed by atoms with Gasteiger partial charge in [-0.25, -0.2) is 0 Å². The molecular formula is C34H32N2. The highest BCUT2D eigenvalue weighted by molar-refractivity contribution is 5.83. The minimum absolute atomic E-state index is 0.00474. The lowest BCUT2D eigenvalue weighted by atomic mass is 9.82. The molecule has 1 unspecified atom stereocenters. The number of para-hydroxylation sites is 1. The third kappa shape index (κ3) is 3.74. The van der Waals surface area contributed by atoms with Crippen LogP contribution in [-0.4, -0.2) is 13.1 Å². The van der Waals surface area contributed by atoms with Crippen molar-refractivity contribution in [2.75, 3.05) is 16.8 Å². The average Bonchev–Trinajstić information content (AvgIpc) is 3.16. The van der Waals surface area contributed by atoms with Crippen LogP contribution in [0.5, 0.6) is 0 Å². The number of rotatable bonds is 5. The monoisotopic (exact) mass is 468 g/mol. The van der Waals surface area contributed by atoms with E-state index < -0.39 is 0 Å². The predicted molar refractivity (Wildman–Crippen MR) is 154 cm³/mol. The van der Waals surface area contributed by atoms with Crippen molar-refractivity contribution in [3.05, 3.63) is 132 Å². The summed E-state index contributed by atoms with van der Waals surface area (Å²) in [4.78, 5) is 4.72. The molecule has 4 aromatic rings. The summed E-state index contributed by atoms with van der Waals surface area (Å²) in [5, 5.41) is 0. The van der Waals surface area contributed by atoms with Crippen molar-refractivity contribution in [1.29, 1.82) is 0 Å². The van der Waals surface area contributed by atoms with Gasteiger partial charge >= 0.3 is 0 Å². The first-order valence-electron chi connectivity index (χ1n) is 12.8. The Bertz CT molecular complexity index is 1440. The Hall–Kier alpha value is -4.04. The normalized spacial score (nSPS) is 16.9. The molecule has 1 atom stereocenters. The fraction of sp³-hybridized carbons (Fsp3) is 0.176. The van der Waals surface area contributed by atoms with Crippen LogP contribution in [0.1, 0.15) is 31.4 Å². The zero-order valence-electron chi connectivity index (χ0n) is 21.2. The Morgan fingerprint density at radius 3 is 2.03 bits per heavy atom. The molecule has 0 heterocycles. The Kier molecular flexibility index (Phi) is 5.53. The van der Waals surface area contributed by atoms with Crippen molar-refractivity contribution in [2.24, 2.45) is 0 Å². The summed E-state index contributed by atoms with van der Waals surface area (Å²) in [5.41, 5.74) is 10.3. The highest BCUT2D eigenvalue weighted by Gasteiger charge is 2.35. The van der Waals surface area contributed by atoms with Crippen LogP contribution >= 0.6 is 0 Å². The number of allylic oxidation sites excluding steroid dienone is 2. The standard InChI is InChI=1S/C34H32N2/c1-34(2)32-17-11-10-16-30(32)31-23-22-29(24-33(31)34)35(3)25-18-20-28(21-19-25)36(26-12-6-4-7-13-26)27-14-8-5-9-15-27/h4-14,16-24,27H,15H2,1-3H3. The van der Waals surface area contributed by atoms with Gasteiger partial charge in [0.15, 0.2) is 0 Å². The Labute approximate surface area is 214 Å². The molecule has 0 saturated heterocycles. The Morgan fingerprint density at radius 1 is 0.639 bits per heavy atom. The van der Waals surface area contributed by atoms with E-state index in [-0.39, 0.29) is 5.41 Å². The van der Waals surface area contributed by atoms with Crippen molar-refractivity contribution >= 4 is 22.7 Å². The highest BCUT2D eigenvalue weighted by Crippen LogP contribution is 2.49. The van der Waals surface area contributed by atoms with Crippen LogP contribution < -0.4 is 9.80 Å². The fourth-order valence-electron chi connectivity index (χ4n) is 5.77. The first kappa shape index (κ1) is 22.4. The van der Waals surface area contributed by atoms with Gasteiger partial charge in [0.25, 0.3) is 0 Å². The van der Waals surface area contributed by atoms with Crippen molar-refractivity contribution in [3.8, 4) is 11.1 Å². The van der Waals surface area contributed by atoms with Gasteiger partial charge in [-0.2, -0.15) is 0 Å². The summed E-state index contributed by atoms with van der Waals surface area (Å²) >= 11 is 0. The van der Waals surface area contributed by atoms with E-state index in [1.807, 2.05) is 0 Å². The number of hydrogen-bond donors (Lipinski definition) is 0. The van der Waals surface area contributed by atoms with E-state index in [1.165, 1.54) is 45.0 Å². The van der Waals surface area contributed by atoms with Crippen LogP contribution in [0, 0.1) is 0 Å². The minimum Gasteiger partial charge on any atom is -0.345 e. The summed E-state index contributed by atoms with van der Waals surface area (Å²) in [7, 11) is 2.16. The molecule has 0 aliphatic heterocycles. The zero-order valence-corrected chi connectivity index (χ0v) is 21.2. The minimum atomic E-state index is 0.00474. The first-order valence-corrected chi connectivity index (χ1v) is 12.8. The number of nitrogens with zero attached hydrogens (tertiary/aromatic N) is 2. The number of hydrogen-bond acceptors (Lipinski definition) is 2. The van der Waals surface area contributed by atoms with Crippen LogP contribution in [0.2, 0.25) is 0 Å². The SMILES string of the molecule is CN(c1ccc(N(c2ccccc2)C2C=CC=CC2)cc1)c1ccc2c(c1)C(C)(C)c1ccccc1-2. The molecule has 178 valence electrons. The van der Waals surface area contributed by atoms with Gasteiger partial charge in [-0.15, -0.1) is 0 Å². The van der Waals surface area contributed by atoms with Crippen LogP contribution in [0.4, 0.5) is 22.7 Å². The Morgan fingerprint density at radius 2 is 1.28 bits per heavy atom. The molecule has 4 aromatic carbocycles. The molecule has 0 N–H and O–H groups in total. The molecule has 0 fully saturated rings. The molecule has 6 rings (SSSR count). The molecule has 0 bridgehead atoms. The summed E-state index contributed by atoms with van der Waals surface area (Å²) in [6.45, 7) is 4.67. The summed E-state index contributed by atoms with van der Waals surface area (Å²) < 4.78 is 0. The fourth-order valence-corrected chi connectivity index (χ4v) is 5.77. The number of fused-ring (bicyclic) bond motifs is 3. The highest BCUT2D eigenvalue weighted by atomic mass is 15.2. The zero-order chi connectivity index (χ0) is 24.7. The lowest BCUT2D eigenvalue weighted by Gasteiger charge is -2.33. The van der Waals surface area contributed by atoms with E-state index in [1.54, 1.807) is 0 Å². The van der Waals surface area contributed by atoms with E-state index in [9.17, 15) is 0 Å². The molecule has 36 heavy (non-hydrogen) atoms. The van der Waals surface area contributed by atoms with Crippen molar-refractivity contribution in [1.82, 2.24) is 0 Å². The third-order valence-corrected chi connectivity index (χ3v) is 7.79. The van der Waals surface area contributed by atoms with Gasteiger partial charge in [0.1, 0.15) is 0 Å². The van der Waals surface area contributed by atoms with E-state index >= 15 is 0 Å². The first-order chi connectivity index (χ1) is 17.5. The maximum atomic E-state index is 2.43. The molecule has 0 saturated carbocycles. The van der Waals surface area contributed by atoms with Gasteiger partial charge in [-0.3, -0.25) is 0 Å². The third-order valence-electron chi connectivity index (χ3n) is 7.79. The largest absolute Gasteiger partial charge is 0.345 e. The van der Waals surface area contributed by atoms with Gasteiger partial charge in [0, 0.05) is 35.2 Å². The molecule has 0 amide bonds. The molecule has 2 aliphatic carbocycles. The second kappa shape index (κ2) is 8.87. The van der Waals surface area contributed by atoms with Gasteiger partial charge < -0.3 is 9.80 Å². The maximum Gasteiger partial charge on any atom is 0.0559 e. The van der Waals surface area contributed by atoms with E-state index in [4.69, 9.17) is 0 Å². The lowest BCUT2D eigenvalue weighted by Crippen LogP contribution is -2.29. The molecule has 2 aliphatic rings. The number of benzene rings is 4. The van der Waals surface area contributed by atoms with E-state index in [0.29, 0.717) is 6.04 Å². The average molecular weight is 469 g/mol. The predicted octanol–water partition coefficient (Wildman–Crippen LogP) is 8.78. The van der Waals surface area contributed by atoms with Gasteiger partial charge in [-0.05, 0) is 77.2 Å². The van der Waals surface area contributed by atoms with Crippen LogP contribution in [0.15, 0.2) is 121 Å². The summed E-state index contributed by atoms with van der Waals surface area (Å²) in [5.74, 6) is 0. The van der Waals surface area contributed by atoms with Crippen molar-refractivity contribution in [2.45, 2.75) is 31.7 Å². The van der Waals surface area contributed by atoms with Crippen molar-refractivity contribution < 1.29 is 0 Å². The number of anilines is 4. The molecule has 0 spiro atoms. The van der Waals surface area contributed by atoms with E-state index in [2.05, 4.69) is 152 Å². The second-order valence-electron chi connectivity index (χ2n) is 10.3. The summed E-state index contributed by atoms with van der Waals surface area (Å²) in [6.07, 6.45) is 9.82. The van der Waals surface area contributed by atoms with Gasteiger partial charge in [0.2, 0.25) is 0 Å². The lowest BCUT2D eigenvalue weighted by molar-refractivity contribution is 0.660. The summed E-state index contributed by atoms with van der Waals surface area (Å²) in [6, 6.07) is 35.7. The van der Waals surface area contributed by atoms with E-state index in [0.717, 1.165) is 6.42 Å². The molecule has 0 aromatic heterocycles.